The summed E-state index contributed by atoms with van der Waals surface area (Å²) in [4.78, 5) is 10.6. The number of hydrogen-bond acceptors (Lipinski definition) is 5. The monoisotopic (exact) mass is 208 g/mol. The summed E-state index contributed by atoms with van der Waals surface area (Å²) in [6, 6.07) is 0.348. The van der Waals surface area contributed by atoms with E-state index in [2.05, 4.69) is 20.2 Å². The minimum Gasteiger partial charge on any atom is -0.377 e. The molecule has 1 saturated heterocycles. The van der Waals surface area contributed by atoms with E-state index in [4.69, 9.17) is 4.74 Å². The first-order valence-corrected chi connectivity index (χ1v) is 5.17. The molecule has 82 valence electrons. The van der Waals surface area contributed by atoms with Gasteiger partial charge in [-0.15, -0.1) is 0 Å². The number of hydrogen-bond donors (Lipinski definition) is 1. The Balaban J connectivity index is 2.11. The molecule has 15 heavy (non-hydrogen) atoms. The maximum Gasteiger partial charge on any atom is 0.147 e. The molecule has 0 aliphatic carbocycles. The Morgan fingerprint density at radius 1 is 1.60 bits per heavy atom. The summed E-state index contributed by atoms with van der Waals surface area (Å²) in [6.45, 7) is 3.29. The van der Waals surface area contributed by atoms with Crippen molar-refractivity contribution >= 4 is 5.82 Å². The second-order valence-electron chi connectivity index (χ2n) is 3.54. The summed E-state index contributed by atoms with van der Waals surface area (Å²) >= 11 is 0. The molecule has 1 fully saturated rings. The van der Waals surface area contributed by atoms with E-state index < -0.39 is 0 Å². The van der Waals surface area contributed by atoms with Crippen LogP contribution in [0, 0.1) is 0 Å². The third-order valence-corrected chi connectivity index (χ3v) is 2.51. The van der Waals surface area contributed by atoms with Crippen molar-refractivity contribution in [2.75, 3.05) is 38.3 Å². The number of nitrogens with zero attached hydrogens (tertiary/aromatic N) is 3. The fourth-order valence-electron chi connectivity index (χ4n) is 1.80. The first kappa shape index (κ1) is 10.3. The van der Waals surface area contributed by atoms with Gasteiger partial charge in [0.05, 0.1) is 25.5 Å². The maximum absolute atomic E-state index is 5.46. The third-order valence-electron chi connectivity index (χ3n) is 2.51. The predicted molar refractivity (Wildman–Crippen MR) is 57.9 cm³/mol. The fraction of sp³-hybridized carbons (Fsp3) is 0.600. The lowest BCUT2D eigenvalue weighted by Crippen LogP contribution is -2.50. The summed E-state index contributed by atoms with van der Waals surface area (Å²) in [6.07, 6.45) is 5.21. The zero-order valence-electron chi connectivity index (χ0n) is 8.89. The van der Waals surface area contributed by atoms with Crippen molar-refractivity contribution in [1.29, 1.82) is 0 Å². The molecule has 0 spiro atoms. The molecule has 0 amide bonds. The van der Waals surface area contributed by atoms with Crippen LogP contribution in [0.4, 0.5) is 5.82 Å². The highest BCUT2D eigenvalue weighted by Gasteiger charge is 2.23. The number of ether oxygens (including phenoxy) is 1. The van der Waals surface area contributed by atoms with Gasteiger partial charge in [0.1, 0.15) is 5.82 Å². The standard InChI is InChI=1S/C10H16N4O/c1-11-6-9-8-15-5-4-14(9)10-7-12-2-3-13-10/h2-3,7,9,11H,4-6,8H2,1H3. The van der Waals surface area contributed by atoms with Crippen LogP contribution in [-0.2, 0) is 4.74 Å². The number of likely N-dealkylation sites (N-methyl/N-ethyl adjacent to an activating group) is 1. The second-order valence-corrected chi connectivity index (χ2v) is 3.54. The van der Waals surface area contributed by atoms with Crippen molar-refractivity contribution in [3.8, 4) is 0 Å². The smallest absolute Gasteiger partial charge is 0.147 e. The van der Waals surface area contributed by atoms with Gasteiger partial charge in [0, 0.05) is 25.5 Å². The lowest BCUT2D eigenvalue weighted by atomic mass is 10.2. The predicted octanol–water partition coefficient (Wildman–Crippen LogP) is -0.0988. The lowest BCUT2D eigenvalue weighted by Gasteiger charge is -2.36. The van der Waals surface area contributed by atoms with Gasteiger partial charge in [-0.2, -0.15) is 0 Å². The molecular weight excluding hydrogens is 192 g/mol. The molecule has 5 nitrogen and oxygen atoms in total. The Morgan fingerprint density at radius 3 is 3.27 bits per heavy atom. The van der Waals surface area contributed by atoms with Gasteiger partial charge in [-0.05, 0) is 7.05 Å². The quantitative estimate of drug-likeness (QED) is 0.752. The Kier molecular flexibility index (Phi) is 3.47. The van der Waals surface area contributed by atoms with Gasteiger partial charge < -0.3 is 15.0 Å². The van der Waals surface area contributed by atoms with Gasteiger partial charge in [-0.1, -0.05) is 0 Å². The SMILES string of the molecule is CNCC1COCCN1c1cnccn1. The lowest BCUT2D eigenvalue weighted by molar-refractivity contribution is 0.0939. The second kappa shape index (κ2) is 5.04. The fourth-order valence-corrected chi connectivity index (χ4v) is 1.80. The minimum absolute atomic E-state index is 0.348. The molecule has 1 aliphatic rings. The average Bonchev–Trinajstić information content (AvgIpc) is 2.31. The first-order valence-electron chi connectivity index (χ1n) is 5.17. The van der Waals surface area contributed by atoms with Crippen LogP contribution in [0.1, 0.15) is 0 Å². The van der Waals surface area contributed by atoms with Gasteiger partial charge in [0.25, 0.3) is 0 Å². The molecule has 1 aromatic rings. The Morgan fingerprint density at radius 2 is 2.53 bits per heavy atom. The van der Waals surface area contributed by atoms with Crippen molar-refractivity contribution in [3.63, 3.8) is 0 Å². The van der Waals surface area contributed by atoms with Crippen LogP contribution in [0.3, 0.4) is 0 Å². The Hall–Kier alpha value is -1.20. The molecule has 0 saturated carbocycles. The van der Waals surface area contributed by atoms with E-state index in [9.17, 15) is 0 Å². The van der Waals surface area contributed by atoms with Crippen molar-refractivity contribution < 1.29 is 4.74 Å². The van der Waals surface area contributed by atoms with Crippen molar-refractivity contribution in [3.05, 3.63) is 18.6 Å². The van der Waals surface area contributed by atoms with Crippen molar-refractivity contribution in [2.24, 2.45) is 0 Å². The Labute approximate surface area is 89.5 Å². The van der Waals surface area contributed by atoms with E-state index in [0.717, 1.165) is 32.1 Å². The summed E-state index contributed by atoms with van der Waals surface area (Å²) in [5.41, 5.74) is 0. The average molecular weight is 208 g/mol. The van der Waals surface area contributed by atoms with Crippen LogP contribution >= 0.6 is 0 Å². The van der Waals surface area contributed by atoms with Crippen molar-refractivity contribution in [1.82, 2.24) is 15.3 Å². The van der Waals surface area contributed by atoms with Gasteiger partial charge >= 0.3 is 0 Å². The molecule has 1 N–H and O–H groups in total. The summed E-state index contributed by atoms with van der Waals surface area (Å²) in [7, 11) is 1.95. The number of aromatic nitrogens is 2. The van der Waals surface area contributed by atoms with Crippen LogP contribution in [0.25, 0.3) is 0 Å². The number of nitrogens with one attached hydrogen (secondary N) is 1. The van der Waals surface area contributed by atoms with E-state index in [1.165, 1.54) is 0 Å². The Bertz CT molecular complexity index is 291. The van der Waals surface area contributed by atoms with E-state index in [1.54, 1.807) is 18.6 Å². The van der Waals surface area contributed by atoms with E-state index in [-0.39, 0.29) is 0 Å². The summed E-state index contributed by atoms with van der Waals surface area (Å²) < 4.78 is 5.46. The first-order chi connectivity index (χ1) is 7.42. The van der Waals surface area contributed by atoms with Gasteiger partial charge in [0.15, 0.2) is 0 Å². The molecular formula is C10H16N4O. The molecule has 1 atom stereocenters. The third kappa shape index (κ3) is 2.43. The molecule has 0 radical (unpaired) electrons. The zero-order valence-corrected chi connectivity index (χ0v) is 8.89. The van der Waals surface area contributed by atoms with Crippen LogP contribution in [0.5, 0.6) is 0 Å². The van der Waals surface area contributed by atoms with Gasteiger partial charge in [-0.3, -0.25) is 4.98 Å². The topological polar surface area (TPSA) is 50.3 Å². The molecule has 0 bridgehead atoms. The van der Waals surface area contributed by atoms with E-state index in [1.807, 2.05) is 7.05 Å². The molecule has 0 aromatic carbocycles. The molecule has 1 aromatic heterocycles. The van der Waals surface area contributed by atoms with Crippen LogP contribution in [-0.4, -0.2) is 49.4 Å². The number of rotatable bonds is 3. The molecule has 2 heterocycles. The number of anilines is 1. The largest absolute Gasteiger partial charge is 0.377 e. The van der Waals surface area contributed by atoms with Gasteiger partial charge in [0.2, 0.25) is 0 Å². The van der Waals surface area contributed by atoms with E-state index in [0.29, 0.717) is 6.04 Å². The highest BCUT2D eigenvalue weighted by atomic mass is 16.5. The number of morpholine rings is 1. The molecule has 2 rings (SSSR count). The highest BCUT2D eigenvalue weighted by Crippen LogP contribution is 2.14. The normalized spacial score (nSPS) is 21.7. The van der Waals surface area contributed by atoms with Crippen molar-refractivity contribution in [2.45, 2.75) is 6.04 Å². The van der Waals surface area contributed by atoms with Crippen LogP contribution in [0.15, 0.2) is 18.6 Å². The molecule has 1 aliphatic heterocycles. The highest BCUT2D eigenvalue weighted by molar-refractivity contribution is 5.37. The zero-order chi connectivity index (χ0) is 10.5. The van der Waals surface area contributed by atoms with E-state index >= 15 is 0 Å². The molecule has 5 heteroatoms. The molecule has 1 unspecified atom stereocenters. The van der Waals surface area contributed by atoms with Gasteiger partial charge in [-0.25, -0.2) is 4.98 Å². The van der Waals surface area contributed by atoms with Crippen LogP contribution < -0.4 is 10.2 Å². The van der Waals surface area contributed by atoms with Crippen LogP contribution in [0.2, 0.25) is 0 Å². The summed E-state index contributed by atoms with van der Waals surface area (Å²) in [5.74, 6) is 0.932. The summed E-state index contributed by atoms with van der Waals surface area (Å²) in [5, 5.41) is 3.17. The minimum atomic E-state index is 0.348. The maximum atomic E-state index is 5.46.